The molecule has 0 fully saturated rings. The lowest BCUT2D eigenvalue weighted by atomic mass is 9.86. The van der Waals surface area contributed by atoms with Gasteiger partial charge in [-0.1, -0.05) is 42.8 Å². The smallest absolute Gasteiger partial charge is 0.110 e. The first-order chi connectivity index (χ1) is 9.15. The maximum atomic E-state index is 6.41. The van der Waals surface area contributed by atoms with Crippen molar-refractivity contribution < 1.29 is 0 Å². The van der Waals surface area contributed by atoms with E-state index in [0.29, 0.717) is 12.0 Å². The molecule has 2 aliphatic heterocycles. The Hall–Kier alpha value is -1.25. The molecule has 0 aliphatic carbocycles. The van der Waals surface area contributed by atoms with Crippen LogP contribution in [-0.4, -0.2) is 29.1 Å². The van der Waals surface area contributed by atoms with Crippen molar-refractivity contribution in [3.8, 4) is 0 Å². The molecule has 2 nitrogen and oxygen atoms in total. The van der Waals surface area contributed by atoms with Gasteiger partial charge in [0.25, 0.3) is 0 Å². The average molecular weight is 273 g/mol. The van der Waals surface area contributed by atoms with Crippen LogP contribution in [-0.2, 0) is 6.54 Å². The summed E-state index contributed by atoms with van der Waals surface area (Å²) in [5.74, 6) is 0.614. The Bertz CT molecular complexity index is 698. The summed E-state index contributed by atoms with van der Waals surface area (Å²) in [5, 5.41) is 2.11. The summed E-state index contributed by atoms with van der Waals surface area (Å²) in [7, 11) is 2.22. The number of hydrogen-bond donors (Lipinski definition) is 0. The number of para-hydroxylation sites is 1. The number of aromatic nitrogens is 1. The van der Waals surface area contributed by atoms with Crippen LogP contribution in [0.25, 0.3) is 16.5 Å². The number of halogens is 1. The monoisotopic (exact) mass is 272 g/mol. The largest absolute Gasteiger partial charge is 0.329 e. The van der Waals surface area contributed by atoms with Gasteiger partial charge in [-0.25, -0.2) is 0 Å². The van der Waals surface area contributed by atoms with Crippen LogP contribution in [0.3, 0.4) is 0 Å². The number of fused-ring (bicyclic) bond motifs is 2. The van der Waals surface area contributed by atoms with Crippen LogP contribution in [0.5, 0.6) is 0 Å². The zero-order valence-electron chi connectivity index (χ0n) is 11.2. The normalized spacial score (nSPS) is 26.4. The highest BCUT2D eigenvalue weighted by Crippen LogP contribution is 2.40. The van der Waals surface area contributed by atoms with E-state index in [9.17, 15) is 0 Å². The first kappa shape index (κ1) is 11.6. The number of nitrogens with zero attached hydrogens (tertiary/aromatic N) is 2. The molecule has 3 heteroatoms. The van der Waals surface area contributed by atoms with Crippen molar-refractivity contribution in [2.75, 3.05) is 13.6 Å². The predicted molar refractivity (Wildman–Crippen MR) is 80.5 cm³/mol. The Morgan fingerprint density at radius 1 is 1.26 bits per heavy atom. The Balaban J connectivity index is 2.04. The third-order valence-electron chi connectivity index (χ3n) is 4.47. The van der Waals surface area contributed by atoms with Crippen molar-refractivity contribution in [3.05, 3.63) is 41.1 Å². The van der Waals surface area contributed by atoms with E-state index in [1.165, 1.54) is 22.0 Å². The van der Waals surface area contributed by atoms with Crippen molar-refractivity contribution in [2.24, 2.45) is 5.92 Å². The van der Waals surface area contributed by atoms with E-state index < -0.39 is 0 Å². The van der Waals surface area contributed by atoms with E-state index in [0.717, 1.165) is 18.2 Å². The molecule has 19 heavy (non-hydrogen) atoms. The molecule has 1 aromatic carbocycles. The van der Waals surface area contributed by atoms with Gasteiger partial charge < -0.3 is 4.57 Å². The summed E-state index contributed by atoms with van der Waals surface area (Å²) in [5.41, 5.74) is 4.14. The maximum Gasteiger partial charge on any atom is 0.110 e. The highest BCUT2D eigenvalue weighted by Gasteiger charge is 2.32. The van der Waals surface area contributed by atoms with E-state index in [1.807, 2.05) is 0 Å². The van der Waals surface area contributed by atoms with Crippen LogP contribution in [0.2, 0.25) is 5.15 Å². The minimum atomic E-state index is 0.458. The SMILES string of the molecule is C[C@@H]1C=C2c3cccc4cc(Cl)n(c34)C[C@H]2N(C)C1. The lowest BCUT2D eigenvalue weighted by molar-refractivity contribution is 0.234. The van der Waals surface area contributed by atoms with E-state index in [4.69, 9.17) is 11.6 Å². The van der Waals surface area contributed by atoms with Crippen molar-refractivity contribution in [3.63, 3.8) is 0 Å². The molecule has 2 aliphatic rings. The van der Waals surface area contributed by atoms with Gasteiger partial charge in [-0.05, 0) is 24.6 Å². The molecule has 4 rings (SSSR count). The molecule has 0 saturated heterocycles. The highest BCUT2D eigenvalue weighted by atomic mass is 35.5. The Morgan fingerprint density at radius 2 is 2.11 bits per heavy atom. The standard InChI is InChI=1S/C16H17ClN2/c1-10-6-13-12-5-3-4-11-7-15(17)19(16(11)12)9-14(13)18(2)8-10/h3-7,10,14H,8-9H2,1-2H3/t10-,14-/m1/s1. The highest BCUT2D eigenvalue weighted by molar-refractivity contribution is 6.31. The summed E-state index contributed by atoms with van der Waals surface area (Å²) in [6.45, 7) is 4.38. The van der Waals surface area contributed by atoms with Crippen molar-refractivity contribution in [2.45, 2.75) is 19.5 Å². The van der Waals surface area contributed by atoms with Gasteiger partial charge in [0.2, 0.25) is 0 Å². The lowest BCUT2D eigenvalue weighted by Crippen LogP contribution is -2.43. The second-order valence-electron chi connectivity index (χ2n) is 5.88. The molecule has 0 unspecified atom stereocenters. The fourth-order valence-corrected chi connectivity index (χ4v) is 3.94. The zero-order valence-corrected chi connectivity index (χ0v) is 12.0. The van der Waals surface area contributed by atoms with Gasteiger partial charge in [-0.3, -0.25) is 4.90 Å². The van der Waals surface area contributed by atoms with Gasteiger partial charge in [0, 0.05) is 24.0 Å². The van der Waals surface area contributed by atoms with Gasteiger partial charge in [0.05, 0.1) is 11.6 Å². The Labute approximate surface area is 118 Å². The third-order valence-corrected chi connectivity index (χ3v) is 4.78. The van der Waals surface area contributed by atoms with E-state index in [1.54, 1.807) is 0 Å². The molecule has 0 amide bonds. The topological polar surface area (TPSA) is 8.17 Å². The minimum absolute atomic E-state index is 0.458. The Morgan fingerprint density at radius 3 is 2.95 bits per heavy atom. The van der Waals surface area contributed by atoms with Gasteiger partial charge in [-0.15, -0.1) is 0 Å². The molecular formula is C16H17ClN2. The molecule has 0 spiro atoms. The molecule has 98 valence electrons. The molecule has 0 saturated carbocycles. The summed E-state index contributed by atoms with van der Waals surface area (Å²) >= 11 is 6.41. The molecule has 2 atom stereocenters. The van der Waals surface area contributed by atoms with E-state index >= 15 is 0 Å². The van der Waals surface area contributed by atoms with Gasteiger partial charge >= 0.3 is 0 Å². The maximum absolute atomic E-state index is 6.41. The van der Waals surface area contributed by atoms with Crippen LogP contribution in [0, 0.1) is 5.92 Å². The van der Waals surface area contributed by atoms with Crippen LogP contribution in [0.4, 0.5) is 0 Å². The predicted octanol–water partition coefficient (Wildman–Crippen LogP) is 3.64. The molecule has 2 aromatic rings. The minimum Gasteiger partial charge on any atom is -0.329 e. The summed E-state index contributed by atoms with van der Waals surface area (Å²) in [4.78, 5) is 2.46. The second-order valence-corrected chi connectivity index (χ2v) is 6.26. The van der Waals surface area contributed by atoms with Crippen LogP contribution < -0.4 is 0 Å². The van der Waals surface area contributed by atoms with E-state index in [2.05, 4.69) is 53.8 Å². The fraction of sp³-hybridized carbons (Fsp3) is 0.375. The summed E-state index contributed by atoms with van der Waals surface area (Å²) < 4.78 is 2.26. The summed E-state index contributed by atoms with van der Waals surface area (Å²) in [6.07, 6.45) is 2.45. The first-order valence-electron chi connectivity index (χ1n) is 6.85. The molecule has 0 N–H and O–H groups in total. The number of rotatable bonds is 0. The molecule has 0 radical (unpaired) electrons. The third kappa shape index (κ3) is 1.53. The van der Waals surface area contributed by atoms with Crippen LogP contribution in [0.1, 0.15) is 12.5 Å². The number of likely N-dealkylation sites (N-methyl/N-ethyl adjacent to an activating group) is 1. The number of hydrogen-bond acceptors (Lipinski definition) is 1. The van der Waals surface area contributed by atoms with E-state index in [-0.39, 0.29) is 0 Å². The quantitative estimate of drug-likeness (QED) is 0.711. The van der Waals surface area contributed by atoms with Crippen LogP contribution in [0.15, 0.2) is 30.3 Å². The molecular weight excluding hydrogens is 256 g/mol. The van der Waals surface area contributed by atoms with Crippen molar-refractivity contribution >= 4 is 28.1 Å². The average Bonchev–Trinajstić information content (AvgIpc) is 2.69. The Kier molecular flexibility index (Phi) is 2.36. The summed E-state index contributed by atoms with van der Waals surface area (Å²) in [6, 6.07) is 9.07. The van der Waals surface area contributed by atoms with Crippen molar-refractivity contribution in [1.29, 1.82) is 0 Å². The second kappa shape index (κ2) is 3.87. The van der Waals surface area contributed by atoms with Gasteiger partial charge in [-0.2, -0.15) is 0 Å². The van der Waals surface area contributed by atoms with Crippen LogP contribution >= 0.6 is 11.6 Å². The molecule has 1 aromatic heterocycles. The molecule has 3 heterocycles. The fourth-order valence-electron chi connectivity index (χ4n) is 3.67. The van der Waals surface area contributed by atoms with Gasteiger partial charge in [0.15, 0.2) is 0 Å². The first-order valence-corrected chi connectivity index (χ1v) is 7.23. The van der Waals surface area contributed by atoms with Gasteiger partial charge in [0.1, 0.15) is 5.15 Å². The number of benzene rings is 1. The molecule has 0 bridgehead atoms. The van der Waals surface area contributed by atoms with Crippen molar-refractivity contribution in [1.82, 2.24) is 9.47 Å². The lowest BCUT2D eigenvalue weighted by Gasteiger charge is -2.39. The zero-order chi connectivity index (χ0) is 13.1.